The number of phenols is 1. The molecule has 0 spiro atoms. The molecule has 2 rings (SSSR count). The second-order valence-corrected chi connectivity index (χ2v) is 3.73. The fraction of sp³-hybridized carbons (Fsp3) is 0.0714. The molecule has 0 aliphatic carbocycles. The van der Waals surface area contributed by atoms with Gasteiger partial charge < -0.3 is 9.84 Å². The number of ether oxygens (including phenoxy) is 1. The Bertz CT molecular complexity index is 576. The summed E-state index contributed by atoms with van der Waals surface area (Å²) in [5.41, 5.74) is 1.39. The lowest BCUT2D eigenvalue weighted by atomic mass is 10.0. The summed E-state index contributed by atoms with van der Waals surface area (Å²) in [7, 11) is 1.30. The SMILES string of the molecule is COC(=O)c1ccc(-c2ccc(O)cc2F)cc1. The maximum atomic E-state index is 13.6. The Morgan fingerprint density at radius 1 is 1.17 bits per heavy atom. The number of methoxy groups -OCH3 is 1. The van der Waals surface area contributed by atoms with E-state index in [1.165, 1.54) is 19.2 Å². The summed E-state index contributed by atoms with van der Waals surface area (Å²) < 4.78 is 18.2. The molecular weight excluding hydrogens is 235 g/mol. The zero-order valence-corrected chi connectivity index (χ0v) is 9.68. The number of carbonyl (C=O) groups excluding carboxylic acids is 1. The molecule has 0 unspecified atom stereocenters. The average Bonchev–Trinajstić information content (AvgIpc) is 2.38. The number of hydrogen-bond acceptors (Lipinski definition) is 3. The highest BCUT2D eigenvalue weighted by Crippen LogP contribution is 2.26. The Labute approximate surface area is 103 Å². The van der Waals surface area contributed by atoms with Crippen molar-refractivity contribution >= 4 is 5.97 Å². The first-order valence-electron chi connectivity index (χ1n) is 5.29. The van der Waals surface area contributed by atoms with Gasteiger partial charge in [0.15, 0.2) is 0 Å². The number of aromatic hydroxyl groups is 1. The summed E-state index contributed by atoms with van der Waals surface area (Å²) in [5, 5.41) is 9.13. The third kappa shape index (κ3) is 2.32. The van der Waals surface area contributed by atoms with Gasteiger partial charge in [-0.25, -0.2) is 9.18 Å². The van der Waals surface area contributed by atoms with E-state index in [2.05, 4.69) is 4.74 Å². The summed E-state index contributed by atoms with van der Waals surface area (Å²) in [6.45, 7) is 0. The van der Waals surface area contributed by atoms with Crippen molar-refractivity contribution in [3.8, 4) is 16.9 Å². The van der Waals surface area contributed by atoms with Crippen LogP contribution < -0.4 is 0 Å². The van der Waals surface area contributed by atoms with Crippen molar-refractivity contribution < 1.29 is 19.0 Å². The van der Waals surface area contributed by atoms with Crippen LogP contribution in [0.2, 0.25) is 0 Å². The molecule has 0 aliphatic heterocycles. The lowest BCUT2D eigenvalue weighted by Crippen LogP contribution is -2.00. The van der Waals surface area contributed by atoms with Gasteiger partial charge in [0.25, 0.3) is 0 Å². The van der Waals surface area contributed by atoms with Gasteiger partial charge in [0.2, 0.25) is 0 Å². The van der Waals surface area contributed by atoms with Crippen LogP contribution in [-0.2, 0) is 4.74 Å². The number of carbonyl (C=O) groups is 1. The van der Waals surface area contributed by atoms with Gasteiger partial charge in [-0.05, 0) is 29.8 Å². The zero-order chi connectivity index (χ0) is 13.1. The van der Waals surface area contributed by atoms with Crippen LogP contribution in [0.25, 0.3) is 11.1 Å². The van der Waals surface area contributed by atoms with Crippen LogP contribution in [0, 0.1) is 5.82 Å². The van der Waals surface area contributed by atoms with Crippen molar-refractivity contribution in [2.24, 2.45) is 0 Å². The molecule has 1 N–H and O–H groups in total. The van der Waals surface area contributed by atoms with Crippen molar-refractivity contribution in [2.45, 2.75) is 0 Å². The maximum absolute atomic E-state index is 13.6. The highest BCUT2D eigenvalue weighted by atomic mass is 19.1. The van der Waals surface area contributed by atoms with E-state index in [1.54, 1.807) is 24.3 Å². The largest absolute Gasteiger partial charge is 0.508 e. The number of benzene rings is 2. The number of phenolic OH excluding ortho intramolecular Hbond substituents is 1. The third-order valence-corrected chi connectivity index (χ3v) is 2.57. The first-order valence-corrected chi connectivity index (χ1v) is 5.29. The molecule has 0 atom stereocenters. The van der Waals surface area contributed by atoms with Crippen molar-refractivity contribution in [2.75, 3.05) is 7.11 Å². The fourth-order valence-electron chi connectivity index (χ4n) is 1.64. The van der Waals surface area contributed by atoms with E-state index < -0.39 is 11.8 Å². The summed E-state index contributed by atoms with van der Waals surface area (Å²) in [6, 6.07) is 10.3. The first kappa shape index (κ1) is 12.1. The van der Waals surface area contributed by atoms with Gasteiger partial charge in [0, 0.05) is 11.6 Å². The van der Waals surface area contributed by atoms with Gasteiger partial charge in [-0.1, -0.05) is 12.1 Å². The Morgan fingerprint density at radius 2 is 1.83 bits per heavy atom. The fourth-order valence-corrected chi connectivity index (χ4v) is 1.64. The number of esters is 1. The summed E-state index contributed by atoms with van der Waals surface area (Å²) in [4.78, 5) is 11.2. The molecular formula is C14H11FO3. The van der Waals surface area contributed by atoms with E-state index in [-0.39, 0.29) is 5.75 Å². The second kappa shape index (κ2) is 4.87. The Hall–Kier alpha value is -2.36. The minimum Gasteiger partial charge on any atom is -0.508 e. The van der Waals surface area contributed by atoms with E-state index in [0.29, 0.717) is 16.7 Å². The number of hydrogen-bond donors (Lipinski definition) is 1. The molecule has 18 heavy (non-hydrogen) atoms. The molecule has 2 aromatic rings. The Morgan fingerprint density at radius 3 is 2.39 bits per heavy atom. The van der Waals surface area contributed by atoms with Crippen LogP contribution in [0.15, 0.2) is 42.5 Å². The monoisotopic (exact) mass is 246 g/mol. The topological polar surface area (TPSA) is 46.5 Å². The van der Waals surface area contributed by atoms with Crippen molar-refractivity contribution in [3.05, 3.63) is 53.8 Å². The van der Waals surface area contributed by atoms with Crippen LogP contribution in [0.1, 0.15) is 10.4 Å². The highest BCUT2D eigenvalue weighted by Gasteiger charge is 2.08. The minimum absolute atomic E-state index is 0.123. The van der Waals surface area contributed by atoms with Crippen LogP contribution >= 0.6 is 0 Å². The predicted molar refractivity (Wildman–Crippen MR) is 64.8 cm³/mol. The minimum atomic E-state index is -0.513. The molecule has 0 radical (unpaired) electrons. The van der Waals surface area contributed by atoms with Gasteiger partial charge in [-0.3, -0.25) is 0 Å². The lowest BCUT2D eigenvalue weighted by Gasteiger charge is -2.05. The van der Waals surface area contributed by atoms with Gasteiger partial charge >= 0.3 is 5.97 Å². The van der Waals surface area contributed by atoms with Crippen LogP contribution in [0.5, 0.6) is 5.75 Å². The van der Waals surface area contributed by atoms with Crippen LogP contribution in [0.3, 0.4) is 0 Å². The Kier molecular flexibility index (Phi) is 3.28. The van der Waals surface area contributed by atoms with Gasteiger partial charge in [-0.2, -0.15) is 0 Å². The van der Waals surface area contributed by atoms with E-state index in [4.69, 9.17) is 5.11 Å². The summed E-state index contributed by atoms with van der Waals surface area (Å²) in [5.74, 6) is -1.07. The molecule has 0 amide bonds. The molecule has 0 saturated carbocycles. The molecule has 0 saturated heterocycles. The number of halogens is 1. The Balaban J connectivity index is 2.37. The van der Waals surface area contributed by atoms with Crippen molar-refractivity contribution in [3.63, 3.8) is 0 Å². The van der Waals surface area contributed by atoms with Crippen molar-refractivity contribution in [1.82, 2.24) is 0 Å². The zero-order valence-electron chi connectivity index (χ0n) is 9.68. The molecule has 92 valence electrons. The van der Waals surface area contributed by atoms with E-state index in [1.807, 2.05) is 0 Å². The third-order valence-electron chi connectivity index (χ3n) is 2.57. The van der Waals surface area contributed by atoms with Gasteiger partial charge in [-0.15, -0.1) is 0 Å². The molecule has 0 aliphatic rings. The van der Waals surface area contributed by atoms with Crippen LogP contribution in [0.4, 0.5) is 4.39 Å². The van der Waals surface area contributed by atoms with Gasteiger partial charge in [0.05, 0.1) is 12.7 Å². The smallest absolute Gasteiger partial charge is 0.337 e. The van der Waals surface area contributed by atoms with Crippen LogP contribution in [-0.4, -0.2) is 18.2 Å². The number of rotatable bonds is 2. The van der Waals surface area contributed by atoms with Crippen molar-refractivity contribution in [1.29, 1.82) is 0 Å². The molecule has 0 bridgehead atoms. The average molecular weight is 246 g/mol. The molecule has 3 nitrogen and oxygen atoms in total. The second-order valence-electron chi connectivity index (χ2n) is 3.73. The molecule has 0 aromatic heterocycles. The highest BCUT2D eigenvalue weighted by molar-refractivity contribution is 5.90. The molecule has 0 fully saturated rings. The molecule has 4 heteroatoms. The summed E-state index contributed by atoms with van der Waals surface area (Å²) in [6.07, 6.45) is 0. The lowest BCUT2D eigenvalue weighted by molar-refractivity contribution is 0.0601. The quantitative estimate of drug-likeness (QED) is 0.828. The maximum Gasteiger partial charge on any atom is 0.337 e. The molecule has 2 aromatic carbocycles. The molecule has 0 heterocycles. The van der Waals surface area contributed by atoms with E-state index >= 15 is 0 Å². The van der Waals surface area contributed by atoms with Gasteiger partial charge in [0.1, 0.15) is 11.6 Å². The first-order chi connectivity index (χ1) is 8.61. The summed E-state index contributed by atoms with van der Waals surface area (Å²) >= 11 is 0. The predicted octanol–water partition coefficient (Wildman–Crippen LogP) is 2.98. The van der Waals surface area contributed by atoms with E-state index in [9.17, 15) is 9.18 Å². The van der Waals surface area contributed by atoms with E-state index in [0.717, 1.165) is 6.07 Å². The standard InChI is InChI=1S/C14H11FO3/c1-18-14(17)10-4-2-9(3-5-10)12-7-6-11(16)8-13(12)15/h2-8,16H,1H3. The normalized spacial score (nSPS) is 10.1.